The summed E-state index contributed by atoms with van der Waals surface area (Å²) in [5.74, 6) is 2.85. The van der Waals surface area contributed by atoms with Crippen LogP contribution in [0.5, 0.6) is 0 Å². The number of nitrogens with zero attached hydrogens (tertiary/aromatic N) is 3. The number of aryl methyl sites for hydroxylation is 1. The fourth-order valence-corrected chi connectivity index (χ4v) is 3.45. The van der Waals surface area contributed by atoms with E-state index in [4.69, 9.17) is 0 Å². The van der Waals surface area contributed by atoms with E-state index in [2.05, 4.69) is 52.9 Å². The number of aromatic nitrogens is 3. The average Bonchev–Trinajstić information content (AvgIpc) is 3.22. The maximum Gasteiger partial charge on any atom is 0.191 e. The predicted octanol–water partition coefficient (Wildman–Crippen LogP) is 4.17. The summed E-state index contributed by atoms with van der Waals surface area (Å²) in [5, 5.41) is 9.92. The van der Waals surface area contributed by atoms with Crippen LogP contribution in [0.2, 0.25) is 0 Å². The first-order chi connectivity index (χ1) is 9.79. The molecule has 2 aromatic rings. The Morgan fingerprint density at radius 1 is 1.25 bits per heavy atom. The number of hydrogen-bond donors (Lipinski definition) is 0. The minimum absolute atomic E-state index is 0.668. The zero-order valence-corrected chi connectivity index (χ0v) is 13.0. The van der Waals surface area contributed by atoms with Gasteiger partial charge >= 0.3 is 0 Å². The third-order valence-corrected chi connectivity index (χ3v) is 4.77. The first-order valence-electron chi connectivity index (χ1n) is 7.40. The molecular weight excluding hydrogens is 266 g/mol. The van der Waals surface area contributed by atoms with Crippen molar-refractivity contribution in [2.45, 2.75) is 56.5 Å². The van der Waals surface area contributed by atoms with Crippen molar-refractivity contribution >= 4 is 11.8 Å². The van der Waals surface area contributed by atoms with E-state index in [0.717, 1.165) is 23.9 Å². The molecule has 1 heterocycles. The molecule has 106 valence electrons. The number of benzene rings is 1. The highest BCUT2D eigenvalue weighted by atomic mass is 32.2. The molecule has 4 heteroatoms. The van der Waals surface area contributed by atoms with Gasteiger partial charge in [-0.2, -0.15) is 0 Å². The predicted molar refractivity (Wildman–Crippen MR) is 83.0 cm³/mol. The van der Waals surface area contributed by atoms with Gasteiger partial charge in [0.05, 0.1) is 0 Å². The molecule has 1 saturated carbocycles. The number of rotatable bonds is 6. The van der Waals surface area contributed by atoms with Crippen LogP contribution in [0.4, 0.5) is 0 Å². The monoisotopic (exact) mass is 287 g/mol. The SMILES string of the molecule is CCCn1c(SCc2ccccc2C)nnc1C1CC1. The molecule has 0 unspecified atom stereocenters. The van der Waals surface area contributed by atoms with E-state index >= 15 is 0 Å². The molecule has 3 rings (SSSR count). The third-order valence-electron chi connectivity index (χ3n) is 3.75. The molecule has 0 atom stereocenters. The van der Waals surface area contributed by atoms with Crippen molar-refractivity contribution in [1.29, 1.82) is 0 Å². The summed E-state index contributed by atoms with van der Waals surface area (Å²) in [5.41, 5.74) is 2.74. The first kappa shape index (κ1) is 13.7. The smallest absolute Gasteiger partial charge is 0.191 e. The van der Waals surface area contributed by atoms with Gasteiger partial charge in [0.25, 0.3) is 0 Å². The van der Waals surface area contributed by atoms with Gasteiger partial charge in [0.2, 0.25) is 0 Å². The zero-order chi connectivity index (χ0) is 13.9. The summed E-state index contributed by atoms with van der Waals surface area (Å²) < 4.78 is 2.33. The second-order valence-corrected chi connectivity index (χ2v) is 6.42. The summed E-state index contributed by atoms with van der Waals surface area (Å²) in [4.78, 5) is 0. The van der Waals surface area contributed by atoms with E-state index < -0.39 is 0 Å². The van der Waals surface area contributed by atoms with Crippen molar-refractivity contribution in [3.63, 3.8) is 0 Å². The maximum atomic E-state index is 4.42. The van der Waals surface area contributed by atoms with E-state index in [-0.39, 0.29) is 0 Å². The molecule has 0 radical (unpaired) electrons. The first-order valence-corrected chi connectivity index (χ1v) is 8.38. The second kappa shape index (κ2) is 6.00. The lowest BCUT2D eigenvalue weighted by Gasteiger charge is -2.09. The standard InChI is InChI=1S/C16H21N3S/c1-3-10-19-15(13-8-9-13)17-18-16(19)20-11-14-7-5-4-6-12(14)2/h4-7,13H,3,8-11H2,1-2H3. The molecule has 1 aromatic carbocycles. The maximum absolute atomic E-state index is 4.42. The van der Waals surface area contributed by atoms with Crippen LogP contribution >= 0.6 is 11.8 Å². The van der Waals surface area contributed by atoms with Crippen LogP contribution in [0, 0.1) is 6.92 Å². The Bertz CT molecular complexity index is 587. The molecule has 3 nitrogen and oxygen atoms in total. The van der Waals surface area contributed by atoms with Crippen molar-refractivity contribution in [2.75, 3.05) is 0 Å². The molecule has 0 bridgehead atoms. The molecule has 1 aromatic heterocycles. The highest BCUT2D eigenvalue weighted by molar-refractivity contribution is 7.98. The molecule has 0 N–H and O–H groups in total. The molecule has 0 amide bonds. The van der Waals surface area contributed by atoms with Crippen molar-refractivity contribution in [3.8, 4) is 0 Å². The van der Waals surface area contributed by atoms with Crippen LogP contribution in [-0.2, 0) is 12.3 Å². The Hall–Kier alpha value is -1.29. The largest absolute Gasteiger partial charge is 0.306 e. The molecule has 20 heavy (non-hydrogen) atoms. The Morgan fingerprint density at radius 2 is 2.05 bits per heavy atom. The van der Waals surface area contributed by atoms with Crippen LogP contribution in [0.3, 0.4) is 0 Å². The lowest BCUT2D eigenvalue weighted by Crippen LogP contribution is -2.04. The summed E-state index contributed by atoms with van der Waals surface area (Å²) in [6.45, 7) is 5.42. The van der Waals surface area contributed by atoms with Gasteiger partial charge in [0.15, 0.2) is 5.16 Å². The van der Waals surface area contributed by atoms with Crippen molar-refractivity contribution in [1.82, 2.24) is 14.8 Å². The van der Waals surface area contributed by atoms with E-state index in [1.54, 1.807) is 0 Å². The lowest BCUT2D eigenvalue weighted by molar-refractivity contribution is 0.592. The van der Waals surface area contributed by atoms with E-state index in [1.165, 1.54) is 29.8 Å². The van der Waals surface area contributed by atoms with Gasteiger partial charge in [-0.1, -0.05) is 43.0 Å². The second-order valence-electron chi connectivity index (χ2n) is 5.48. The van der Waals surface area contributed by atoms with Crippen LogP contribution in [0.25, 0.3) is 0 Å². The highest BCUT2D eigenvalue weighted by Gasteiger charge is 2.30. The summed E-state index contributed by atoms with van der Waals surface area (Å²) in [7, 11) is 0. The zero-order valence-electron chi connectivity index (χ0n) is 12.2. The quantitative estimate of drug-likeness (QED) is 0.747. The Kier molecular flexibility index (Phi) is 4.10. The van der Waals surface area contributed by atoms with Crippen LogP contribution in [0.1, 0.15) is 49.1 Å². The van der Waals surface area contributed by atoms with E-state index in [0.29, 0.717) is 5.92 Å². The van der Waals surface area contributed by atoms with Crippen molar-refractivity contribution in [3.05, 3.63) is 41.2 Å². The van der Waals surface area contributed by atoms with Crippen LogP contribution in [0.15, 0.2) is 29.4 Å². The molecule has 0 saturated heterocycles. The Balaban J connectivity index is 1.75. The van der Waals surface area contributed by atoms with Crippen molar-refractivity contribution in [2.24, 2.45) is 0 Å². The fourth-order valence-electron chi connectivity index (χ4n) is 2.40. The van der Waals surface area contributed by atoms with Gasteiger partial charge in [0.1, 0.15) is 5.82 Å². The van der Waals surface area contributed by atoms with Gasteiger partial charge in [-0.25, -0.2) is 0 Å². The highest BCUT2D eigenvalue weighted by Crippen LogP contribution is 2.40. The molecule has 0 spiro atoms. The molecule has 1 aliphatic carbocycles. The summed E-state index contributed by atoms with van der Waals surface area (Å²) >= 11 is 1.81. The molecule has 1 fully saturated rings. The third kappa shape index (κ3) is 2.90. The van der Waals surface area contributed by atoms with Gasteiger partial charge in [-0.3, -0.25) is 0 Å². The Labute approximate surface area is 124 Å². The number of thioether (sulfide) groups is 1. The molecule has 1 aliphatic rings. The number of hydrogen-bond acceptors (Lipinski definition) is 3. The molecule has 0 aliphatic heterocycles. The fraction of sp³-hybridized carbons (Fsp3) is 0.500. The average molecular weight is 287 g/mol. The molecular formula is C16H21N3S. The minimum atomic E-state index is 0.668. The van der Waals surface area contributed by atoms with Crippen LogP contribution < -0.4 is 0 Å². The van der Waals surface area contributed by atoms with Gasteiger partial charge < -0.3 is 4.57 Å². The van der Waals surface area contributed by atoms with Crippen molar-refractivity contribution < 1.29 is 0 Å². The van der Waals surface area contributed by atoms with Gasteiger partial charge in [-0.05, 0) is 37.3 Å². The van der Waals surface area contributed by atoms with E-state index in [1.807, 2.05) is 11.8 Å². The summed E-state index contributed by atoms with van der Waals surface area (Å²) in [6.07, 6.45) is 3.70. The van der Waals surface area contributed by atoms with Crippen LogP contribution in [-0.4, -0.2) is 14.8 Å². The van der Waals surface area contributed by atoms with Gasteiger partial charge in [0, 0.05) is 18.2 Å². The normalized spacial score (nSPS) is 14.7. The van der Waals surface area contributed by atoms with Gasteiger partial charge in [-0.15, -0.1) is 10.2 Å². The lowest BCUT2D eigenvalue weighted by atomic mass is 10.1. The summed E-state index contributed by atoms with van der Waals surface area (Å²) in [6, 6.07) is 8.57. The Morgan fingerprint density at radius 3 is 2.75 bits per heavy atom. The minimum Gasteiger partial charge on any atom is -0.306 e. The van der Waals surface area contributed by atoms with E-state index in [9.17, 15) is 0 Å². The topological polar surface area (TPSA) is 30.7 Å².